The molecule has 6 nitrogen and oxygen atoms in total. The third-order valence-electron chi connectivity index (χ3n) is 4.81. The second-order valence-electron chi connectivity index (χ2n) is 6.76. The lowest BCUT2D eigenvalue weighted by Gasteiger charge is -2.31. The third-order valence-corrected chi connectivity index (χ3v) is 4.81. The molecule has 3 rings (SSSR count). The second kappa shape index (κ2) is 8.99. The number of amides is 3. The van der Waals surface area contributed by atoms with Gasteiger partial charge in [0.15, 0.2) is 0 Å². The van der Waals surface area contributed by atoms with E-state index in [2.05, 4.69) is 5.32 Å². The minimum absolute atomic E-state index is 0.204. The largest absolute Gasteiger partial charge is 0.369 e. The topological polar surface area (TPSA) is 92.5 Å². The highest BCUT2D eigenvalue weighted by Crippen LogP contribution is 2.19. The molecule has 0 saturated carbocycles. The Bertz CT molecular complexity index is 870. The highest BCUT2D eigenvalue weighted by Gasteiger charge is 2.28. The van der Waals surface area contributed by atoms with Crippen LogP contribution in [0.1, 0.15) is 28.8 Å². The van der Waals surface area contributed by atoms with Crippen molar-refractivity contribution in [2.75, 3.05) is 13.1 Å². The number of hydrogen-bond acceptors (Lipinski definition) is 3. The summed E-state index contributed by atoms with van der Waals surface area (Å²) >= 11 is 0. The molecule has 1 aliphatic heterocycles. The lowest BCUT2D eigenvalue weighted by atomic mass is 9.96. The van der Waals surface area contributed by atoms with Crippen molar-refractivity contribution in [3.8, 4) is 0 Å². The molecule has 2 aromatic rings. The highest BCUT2D eigenvalue weighted by atomic mass is 16.2. The molecule has 1 aliphatic rings. The Balaban J connectivity index is 1.80. The fraction of sp³-hybridized carbons (Fsp3) is 0.227. The van der Waals surface area contributed by atoms with Gasteiger partial charge in [-0.2, -0.15) is 0 Å². The fourth-order valence-corrected chi connectivity index (χ4v) is 3.19. The zero-order chi connectivity index (χ0) is 19.9. The standard InChI is InChI=1S/C22H23N3O3/c23-20(26)17-11-13-25(14-12-17)22(28)19(15-16-7-3-1-4-8-16)24-21(27)18-9-5-2-6-10-18/h1-10,15,17H,11-14H2,(H2,23,26)(H,24,27). The summed E-state index contributed by atoms with van der Waals surface area (Å²) in [6, 6.07) is 18.1. The van der Waals surface area contributed by atoms with E-state index in [0.29, 0.717) is 31.5 Å². The summed E-state index contributed by atoms with van der Waals surface area (Å²) in [7, 11) is 0. The number of primary amides is 1. The molecule has 28 heavy (non-hydrogen) atoms. The van der Waals surface area contributed by atoms with Gasteiger partial charge in [0.1, 0.15) is 5.70 Å². The molecule has 6 heteroatoms. The number of benzene rings is 2. The zero-order valence-electron chi connectivity index (χ0n) is 15.5. The zero-order valence-corrected chi connectivity index (χ0v) is 15.5. The van der Waals surface area contributed by atoms with Crippen LogP contribution in [-0.4, -0.2) is 35.7 Å². The van der Waals surface area contributed by atoms with E-state index in [1.54, 1.807) is 35.2 Å². The maximum atomic E-state index is 13.1. The van der Waals surface area contributed by atoms with E-state index in [4.69, 9.17) is 5.73 Å². The van der Waals surface area contributed by atoms with Crippen LogP contribution in [0.3, 0.4) is 0 Å². The Morgan fingerprint density at radius 3 is 2.07 bits per heavy atom. The first-order chi connectivity index (χ1) is 13.5. The van der Waals surface area contributed by atoms with Gasteiger partial charge in [0, 0.05) is 24.6 Å². The quantitative estimate of drug-likeness (QED) is 0.782. The van der Waals surface area contributed by atoms with Crippen molar-refractivity contribution in [2.45, 2.75) is 12.8 Å². The number of piperidine rings is 1. The van der Waals surface area contributed by atoms with Crippen molar-refractivity contribution in [2.24, 2.45) is 11.7 Å². The van der Waals surface area contributed by atoms with Crippen LogP contribution in [0, 0.1) is 5.92 Å². The normalized spacial score (nSPS) is 15.1. The van der Waals surface area contributed by atoms with Crippen molar-refractivity contribution in [3.63, 3.8) is 0 Å². The van der Waals surface area contributed by atoms with Crippen LogP contribution in [0.4, 0.5) is 0 Å². The Morgan fingerprint density at radius 1 is 0.929 bits per heavy atom. The van der Waals surface area contributed by atoms with Crippen molar-refractivity contribution in [1.29, 1.82) is 0 Å². The lowest BCUT2D eigenvalue weighted by Crippen LogP contribution is -2.44. The number of hydrogen-bond donors (Lipinski definition) is 2. The Hall–Kier alpha value is -3.41. The first-order valence-corrected chi connectivity index (χ1v) is 9.26. The maximum Gasteiger partial charge on any atom is 0.270 e. The summed E-state index contributed by atoms with van der Waals surface area (Å²) in [6.07, 6.45) is 2.74. The summed E-state index contributed by atoms with van der Waals surface area (Å²) in [5, 5.41) is 2.75. The number of nitrogens with one attached hydrogen (secondary N) is 1. The van der Waals surface area contributed by atoms with Crippen LogP contribution in [-0.2, 0) is 9.59 Å². The van der Waals surface area contributed by atoms with Crippen molar-refractivity contribution >= 4 is 23.8 Å². The summed E-state index contributed by atoms with van der Waals surface area (Å²) < 4.78 is 0. The minimum atomic E-state index is -0.344. The molecule has 2 aromatic carbocycles. The third kappa shape index (κ3) is 4.85. The van der Waals surface area contributed by atoms with E-state index in [0.717, 1.165) is 5.56 Å². The number of rotatable bonds is 5. The molecular weight excluding hydrogens is 354 g/mol. The number of carbonyl (C=O) groups excluding carboxylic acids is 3. The number of likely N-dealkylation sites (tertiary alicyclic amines) is 1. The maximum absolute atomic E-state index is 13.1. The number of carbonyl (C=O) groups is 3. The van der Waals surface area contributed by atoms with Crippen LogP contribution in [0.15, 0.2) is 66.4 Å². The number of nitrogens with two attached hydrogens (primary N) is 1. The van der Waals surface area contributed by atoms with Gasteiger partial charge in [-0.1, -0.05) is 48.5 Å². The average Bonchev–Trinajstić information content (AvgIpc) is 2.74. The van der Waals surface area contributed by atoms with Gasteiger partial charge in [-0.15, -0.1) is 0 Å². The van der Waals surface area contributed by atoms with Crippen LogP contribution < -0.4 is 11.1 Å². The van der Waals surface area contributed by atoms with Crippen molar-refractivity contribution < 1.29 is 14.4 Å². The van der Waals surface area contributed by atoms with Crippen LogP contribution in [0.2, 0.25) is 0 Å². The number of nitrogens with zero attached hydrogens (tertiary/aromatic N) is 1. The molecule has 0 unspecified atom stereocenters. The van der Waals surface area contributed by atoms with E-state index in [1.165, 1.54) is 0 Å². The van der Waals surface area contributed by atoms with E-state index < -0.39 is 0 Å². The first kappa shape index (κ1) is 19.4. The first-order valence-electron chi connectivity index (χ1n) is 9.26. The molecule has 3 amide bonds. The molecule has 0 aliphatic carbocycles. The van der Waals surface area contributed by atoms with Gasteiger partial charge in [0.05, 0.1) is 0 Å². The van der Waals surface area contributed by atoms with Crippen LogP contribution in [0.5, 0.6) is 0 Å². The monoisotopic (exact) mass is 377 g/mol. The van der Waals surface area contributed by atoms with Crippen LogP contribution >= 0.6 is 0 Å². The summed E-state index contributed by atoms with van der Waals surface area (Å²) in [6.45, 7) is 0.861. The van der Waals surface area contributed by atoms with Crippen molar-refractivity contribution in [3.05, 3.63) is 77.5 Å². The van der Waals surface area contributed by atoms with Gasteiger partial charge in [-0.05, 0) is 36.6 Å². The van der Waals surface area contributed by atoms with Crippen LogP contribution in [0.25, 0.3) is 6.08 Å². The fourth-order valence-electron chi connectivity index (χ4n) is 3.19. The molecule has 144 valence electrons. The lowest BCUT2D eigenvalue weighted by molar-refractivity contribution is -0.131. The van der Waals surface area contributed by atoms with Gasteiger partial charge in [0.25, 0.3) is 11.8 Å². The average molecular weight is 377 g/mol. The minimum Gasteiger partial charge on any atom is -0.369 e. The smallest absolute Gasteiger partial charge is 0.270 e. The molecule has 0 bridgehead atoms. The molecule has 1 saturated heterocycles. The van der Waals surface area contributed by atoms with Crippen molar-refractivity contribution in [1.82, 2.24) is 10.2 Å². The van der Waals surface area contributed by atoms with E-state index >= 15 is 0 Å². The van der Waals surface area contributed by atoms with Gasteiger partial charge >= 0.3 is 0 Å². The van der Waals surface area contributed by atoms with Gasteiger partial charge in [0.2, 0.25) is 5.91 Å². The van der Waals surface area contributed by atoms with E-state index in [-0.39, 0.29) is 29.3 Å². The molecule has 0 aromatic heterocycles. The molecule has 0 atom stereocenters. The predicted molar refractivity (Wildman–Crippen MR) is 107 cm³/mol. The summed E-state index contributed by atoms with van der Waals surface area (Å²) in [5.74, 6) is -1.15. The summed E-state index contributed by atoms with van der Waals surface area (Å²) in [5.41, 5.74) is 6.86. The SMILES string of the molecule is NC(=O)C1CCN(C(=O)C(=Cc2ccccc2)NC(=O)c2ccccc2)CC1. The van der Waals surface area contributed by atoms with Gasteiger partial charge < -0.3 is 16.0 Å². The van der Waals surface area contributed by atoms with E-state index in [9.17, 15) is 14.4 Å². The van der Waals surface area contributed by atoms with E-state index in [1.807, 2.05) is 36.4 Å². The molecule has 1 fully saturated rings. The Labute approximate surface area is 164 Å². The molecule has 0 radical (unpaired) electrons. The Morgan fingerprint density at radius 2 is 1.50 bits per heavy atom. The van der Waals surface area contributed by atoms with Gasteiger partial charge in [-0.25, -0.2) is 0 Å². The Kier molecular flexibility index (Phi) is 6.22. The molecular formula is C22H23N3O3. The van der Waals surface area contributed by atoms with Gasteiger partial charge in [-0.3, -0.25) is 14.4 Å². The second-order valence-corrected chi connectivity index (χ2v) is 6.76. The predicted octanol–water partition coefficient (Wildman–Crippen LogP) is 2.18. The molecule has 1 heterocycles. The molecule has 0 spiro atoms. The highest BCUT2D eigenvalue weighted by molar-refractivity contribution is 6.05. The summed E-state index contributed by atoms with van der Waals surface area (Å²) in [4.78, 5) is 38.7. The molecule has 3 N–H and O–H groups in total.